The molecule has 0 aliphatic carbocycles. The van der Waals surface area contributed by atoms with Gasteiger partial charge in [-0.3, -0.25) is 19.2 Å². The van der Waals surface area contributed by atoms with E-state index in [0.29, 0.717) is 51.7 Å². The molecule has 252 valence electrons. The van der Waals surface area contributed by atoms with Gasteiger partial charge in [-0.05, 0) is 44.1 Å². The van der Waals surface area contributed by atoms with Crippen LogP contribution < -0.4 is 5.32 Å². The number of nitrogens with zero attached hydrogens (tertiary/aromatic N) is 2. The Morgan fingerprint density at radius 1 is 1.20 bits per heavy atom. The van der Waals surface area contributed by atoms with Crippen LogP contribution in [0.1, 0.15) is 69.9 Å². The number of ether oxygens (including phenoxy) is 2. The number of allylic oxidation sites excluding steroid dienone is 1. The summed E-state index contributed by atoms with van der Waals surface area (Å²) in [5.74, 6) is -2.93. The lowest BCUT2D eigenvalue weighted by atomic mass is 9.70. The summed E-state index contributed by atoms with van der Waals surface area (Å²) in [6, 6.07) is 7.72. The highest BCUT2D eigenvalue weighted by Crippen LogP contribution is 2.60. The molecule has 0 radical (unpaired) electrons. The second-order valence-electron chi connectivity index (χ2n) is 12.4. The molecule has 7 atom stereocenters. The minimum Gasteiger partial charge on any atom is -0.463 e. The highest BCUT2D eigenvalue weighted by molar-refractivity contribution is 9.09. The van der Waals surface area contributed by atoms with Gasteiger partial charge in [-0.2, -0.15) is 0 Å². The average Bonchev–Trinajstić information content (AvgIpc) is 3.65. The molecule has 1 aromatic rings. The number of unbranched alkanes of at least 4 members (excludes halogenated alkanes) is 3. The van der Waals surface area contributed by atoms with Gasteiger partial charge in [-0.1, -0.05) is 71.8 Å². The lowest BCUT2D eigenvalue weighted by Gasteiger charge is -2.37. The van der Waals surface area contributed by atoms with Crippen LogP contribution in [0, 0.1) is 11.8 Å². The van der Waals surface area contributed by atoms with Crippen molar-refractivity contribution in [3.63, 3.8) is 0 Å². The summed E-state index contributed by atoms with van der Waals surface area (Å²) >= 11 is 3.74. The van der Waals surface area contributed by atoms with E-state index < -0.39 is 41.6 Å². The minimum absolute atomic E-state index is 0.0530. The number of carbonyl (C=O) groups is 4. The van der Waals surface area contributed by atoms with Gasteiger partial charge in [0.25, 0.3) is 0 Å². The first kappa shape index (κ1) is 35.8. The van der Waals surface area contributed by atoms with E-state index in [2.05, 4.69) is 41.3 Å². The molecule has 4 rings (SSSR count). The predicted octanol–water partition coefficient (Wildman–Crippen LogP) is 4.08. The number of likely N-dealkylation sites (tertiary alicyclic amines) is 1. The van der Waals surface area contributed by atoms with Crippen LogP contribution in [0.4, 0.5) is 0 Å². The summed E-state index contributed by atoms with van der Waals surface area (Å²) in [6.07, 6.45) is 7.43. The van der Waals surface area contributed by atoms with Crippen molar-refractivity contribution in [2.45, 2.75) is 86.9 Å². The van der Waals surface area contributed by atoms with Gasteiger partial charge in [0.2, 0.25) is 17.7 Å². The molecule has 3 fully saturated rings. The van der Waals surface area contributed by atoms with Crippen LogP contribution in [0.2, 0.25) is 0 Å². The van der Waals surface area contributed by atoms with E-state index in [4.69, 9.17) is 9.47 Å². The van der Waals surface area contributed by atoms with Crippen molar-refractivity contribution in [2.24, 2.45) is 11.8 Å². The first-order valence-corrected chi connectivity index (χ1v) is 17.4. The molecule has 3 saturated heterocycles. The maximum absolute atomic E-state index is 14.4. The maximum atomic E-state index is 14.4. The third-order valence-corrected chi connectivity index (χ3v) is 10.2. The summed E-state index contributed by atoms with van der Waals surface area (Å²) in [7, 11) is 0. The first-order valence-electron chi connectivity index (χ1n) is 16.5. The Balaban J connectivity index is 1.64. The molecular formula is C35H48BrN3O7. The fraction of sp³-hybridized carbons (Fsp3) is 0.600. The van der Waals surface area contributed by atoms with Crippen LogP contribution in [0.5, 0.6) is 0 Å². The van der Waals surface area contributed by atoms with Crippen LogP contribution >= 0.6 is 15.9 Å². The average molecular weight is 703 g/mol. The van der Waals surface area contributed by atoms with Crippen molar-refractivity contribution in [2.75, 3.05) is 32.8 Å². The maximum Gasteiger partial charge on any atom is 0.306 e. The number of alkyl halides is 1. The number of hydrogen-bond donors (Lipinski definition) is 2. The van der Waals surface area contributed by atoms with E-state index >= 15 is 0 Å². The molecule has 1 spiro atoms. The Morgan fingerprint density at radius 2 is 1.96 bits per heavy atom. The number of hydrogen-bond acceptors (Lipinski definition) is 7. The number of halogens is 1. The number of esters is 1. The Labute approximate surface area is 280 Å². The van der Waals surface area contributed by atoms with Gasteiger partial charge in [0.05, 0.1) is 24.0 Å². The fourth-order valence-electron chi connectivity index (χ4n) is 7.13. The Morgan fingerprint density at radius 3 is 2.63 bits per heavy atom. The number of amides is 3. The van der Waals surface area contributed by atoms with Gasteiger partial charge in [0, 0.05) is 37.5 Å². The predicted molar refractivity (Wildman–Crippen MR) is 178 cm³/mol. The first-order chi connectivity index (χ1) is 22.2. The molecule has 1 aromatic carbocycles. The van der Waals surface area contributed by atoms with E-state index in [9.17, 15) is 24.3 Å². The molecule has 3 heterocycles. The Bertz CT molecular complexity index is 1250. The Hall–Kier alpha value is -3.02. The van der Waals surface area contributed by atoms with Crippen LogP contribution in [-0.2, 0) is 28.7 Å². The highest BCUT2D eigenvalue weighted by atomic mass is 79.9. The molecule has 3 amide bonds. The molecule has 2 N–H and O–H groups in total. The molecule has 46 heavy (non-hydrogen) atoms. The summed E-state index contributed by atoms with van der Waals surface area (Å²) < 4.78 is 12.2. The SMILES string of the molecule is C=CCCC(=O)OC[C@@H](NC(=O)[C@@H]1[C@H]2O[C@@]3(CC2Br)[C@H](C(=O)N(CC=C)CCCC)N(CCCCCO)C(=O)[C@@H]13)c1ccccc1. The van der Waals surface area contributed by atoms with Gasteiger partial charge >= 0.3 is 5.97 Å². The van der Waals surface area contributed by atoms with E-state index in [1.165, 1.54) is 0 Å². The van der Waals surface area contributed by atoms with Crippen molar-refractivity contribution >= 4 is 39.6 Å². The van der Waals surface area contributed by atoms with Gasteiger partial charge in [-0.15, -0.1) is 13.2 Å². The molecule has 0 saturated carbocycles. The molecule has 3 aliphatic heterocycles. The highest BCUT2D eigenvalue weighted by Gasteiger charge is 2.76. The number of carbonyl (C=O) groups excluding carboxylic acids is 4. The van der Waals surface area contributed by atoms with E-state index in [1.807, 2.05) is 30.3 Å². The summed E-state index contributed by atoms with van der Waals surface area (Å²) in [5.41, 5.74) is -0.411. The van der Waals surface area contributed by atoms with Gasteiger partial charge < -0.3 is 29.7 Å². The quantitative estimate of drug-likeness (QED) is 0.0964. The number of nitrogens with one attached hydrogen (secondary N) is 1. The van der Waals surface area contributed by atoms with E-state index in [1.54, 1.807) is 22.0 Å². The second kappa shape index (κ2) is 16.7. The van der Waals surface area contributed by atoms with Crippen molar-refractivity contribution in [3.05, 3.63) is 61.2 Å². The summed E-state index contributed by atoms with van der Waals surface area (Å²) in [6.45, 7) is 10.7. The largest absolute Gasteiger partial charge is 0.463 e. The molecule has 2 bridgehead atoms. The fourth-order valence-corrected chi connectivity index (χ4v) is 8.07. The van der Waals surface area contributed by atoms with E-state index in [0.717, 1.165) is 18.4 Å². The standard InChI is InChI=1S/C35H48BrN3O7/c1-4-7-17-27(41)45-23-26(24-15-11-9-12-16-24)37-32(42)28-29-33(43)39(20-13-10-14-21-40)31(35(29)22-25(36)30(28)46-35)34(44)38(18-6-3)19-8-5-2/h4,6,9,11-12,15-16,25-26,28-31,40H,1,3,5,7-8,10,13-14,17-23H2,2H3,(H,37,42)/t25?,26-,28+,29-,30+,31+,35-/m1/s1. The zero-order valence-corrected chi connectivity index (χ0v) is 28.4. The molecular weight excluding hydrogens is 654 g/mol. The smallest absolute Gasteiger partial charge is 0.306 e. The molecule has 10 nitrogen and oxygen atoms in total. The van der Waals surface area contributed by atoms with Crippen molar-refractivity contribution in [1.29, 1.82) is 0 Å². The monoisotopic (exact) mass is 701 g/mol. The second-order valence-corrected chi connectivity index (χ2v) is 13.6. The van der Waals surface area contributed by atoms with Gasteiger partial charge in [0.1, 0.15) is 18.2 Å². The Kier molecular flexibility index (Phi) is 13.0. The number of aliphatic hydroxyl groups is 1. The zero-order valence-electron chi connectivity index (χ0n) is 26.8. The van der Waals surface area contributed by atoms with Crippen LogP contribution in [0.15, 0.2) is 55.6 Å². The van der Waals surface area contributed by atoms with Gasteiger partial charge in [0.15, 0.2) is 0 Å². The van der Waals surface area contributed by atoms with Crippen LogP contribution in [-0.4, -0.2) is 94.0 Å². The van der Waals surface area contributed by atoms with Crippen molar-refractivity contribution in [3.8, 4) is 0 Å². The third-order valence-electron chi connectivity index (χ3n) is 9.31. The van der Waals surface area contributed by atoms with E-state index in [-0.39, 0.29) is 42.2 Å². The molecule has 1 unspecified atom stereocenters. The summed E-state index contributed by atoms with van der Waals surface area (Å²) in [4.78, 5) is 58.5. The minimum atomic E-state index is -1.17. The summed E-state index contributed by atoms with van der Waals surface area (Å²) in [5, 5.41) is 12.4. The van der Waals surface area contributed by atoms with Crippen LogP contribution in [0.3, 0.4) is 0 Å². The normalized spacial score (nSPS) is 26.8. The topological polar surface area (TPSA) is 125 Å². The lowest BCUT2D eigenvalue weighted by molar-refractivity contribution is -0.148. The molecule has 3 aliphatic rings. The van der Waals surface area contributed by atoms with Crippen LogP contribution in [0.25, 0.3) is 0 Å². The molecule has 11 heteroatoms. The molecule has 0 aromatic heterocycles. The lowest BCUT2D eigenvalue weighted by Crippen LogP contribution is -2.57. The zero-order chi connectivity index (χ0) is 33.3. The van der Waals surface area contributed by atoms with Crippen molar-refractivity contribution in [1.82, 2.24) is 15.1 Å². The van der Waals surface area contributed by atoms with Gasteiger partial charge in [-0.25, -0.2) is 0 Å². The van der Waals surface area contributed by atoms with Crippen molar-refractivity contribution < 1.29 is 33.8 Å². The third kappa shape index (κ3) is 7.58. The number of fused-ring (bicyclic) bond motifs is 1. The number of rotatable bonds is 19. The number of benzene rings is 1. The number of aliphatic hydroxyl groups excluding tert-OH is 1.